The summed E-state index contributed by atoms with van der Waals surface area (Å²) in [5.41, 5.74) is 11.6. The summed E-state index contributed by atoms with van der Waals surface area (Å²) in [7, 11) is 0. The van der Waals surface area contributed by atoms with Gasteiger partial charge in [-0.2, -0.15) is 0 Å². The van der Waals surface area contributed by atoms with Crippen molar-refractivity contribution >= 4 is 45.5 Å². The fourth-order valence-electron chi connectivity index (χ4n) is 10.3. The number of carbonyl (C=O) groups is 1. The SMILES string of the molecule is Cc1sc2c(c1C)C(c1ccc(N3CCC(O)(CN4CCN(c5ccc(C6=C(c7ccccc7)CCCc7cc(C(=O)O)ccc76)cc5F)CC4)CC3)cc1)=N[C@@H](C)c1nnc(C)n1-2. The fourth-order valence-corrected chi connectivity index (χ4v) is 11.5. The van der Waals surface area contributed by atoms with Crippen LogP contribution < -0.4 is 9.80 Å². The lowest BCUT2D eigenvalue weighted by Crippen LogP contribution is -2.55. The molecule has 3 aliphatic heterocycles. The van der Waals surface area contributed by atoms with Gasteiger partial charge in [0.25, 0.3) is 0 Å². The summed E-state index contributed by atoms with van der Waals surface area (Å²) in [5.74, 6) is 0.521. The number of piperazine rings is 1. The number of β-amino-alcohol motifs (C(OH)–C–C–N with tert-alkyl or cyclic N) is 1. The third-order valence-electron chi connectivity index (χ3n) is 13.9. The number of carboxylic acid groups (broad SMARTS) is 1. The van der Waals surface area contributed by atoms with E-state index in [1.807, 2.05) is 43.3 Å². The lowest BCUT2D eigenvalue weighted by Gasteiger charge is -2.44. The summed E-state index contributed by atoms with van der Waals surface area (Å²) < 4.78 is 18.5. The number of thiophene rings is 1. The standard InChI is InChI=1S/C52H54FN7O3S/c1-32-34(3)64-50-46(32)48(54-33(2)49-56-55-35(4)60(49)50)37-13-17-41(18-14-37)58-23-21-52(63,22-24-58)31-57-25-27-59(28-26-57)45-20-16-39(30-44(45)53)47-42(36-9-6-5-7-10-36)12-8-11-38-29-40(51(61)62)15-19-43(38)47/h5-7,9-10,13-20,29-30,33,63H,8,11-12,21-28,31H2,1-4H3,(H,61,62)/t33-/m0/s1. The Morgan fingerprint density at radius 3 is 2.28 bits per heavy atom. The lowest BCUT2D eigenvalue weighted by molar-refractivity contribution is -0.0173. The second-order valence-electron chi connectivity index (χ2n) is 18.0. The number of piperidine rings is 1. The molecular weight excluding hydrogens is 822 g/mol. The van der Waals surface area contributed by atoms with E-state index in [9.17, 15) is 15.0 Å². The number of aliphatic imine (C=N–C) groups is 1. The van der Waals surface area contributed by atoms with Gasteiger partial charge in [0, 0.05) is 67.5 Å². The normalized spacial score (nSPS) is 18.8. The van der Waals surface area contributed by atoms with Crippen molar-refractivity contribution in [2.75, 3.05) is 55.6 Å². The van der Waals surface area contributed by atoms with Gasteiger partial charge < -0.3 is 20.0 Å². The quantitative estimate of drug-likeness (QED) is 0.156. The number of hydrogen-bond acceptors (Lipinski definition) is 9. The first-order chi connectivity index (χ1) is 30.9. The molecule has 0 unspecified atom stereocenters. The van der Waals surface area contributed by atoms with Gasteiger partial charge in [-0.3, -0.25) is 14.5 Å². The second-order valence-corrected chi connectivity index (χ2v) is 19.2. The first-order valence-corrected chi connectivity index (χ1v) is 23.4. The van der Waals surface area contributed by atoms with Crippen LogP contribution >= 0.6 is 11.3 Å². The minimum Gasteiger partial charge on any atom is -0.478 e. The summed E-state index contributed by atoms with van der Waals surface area (Å²) in [6.45, 7) is 13.4. The molecule has 0 bridgehead atoms. The second kappa shape index (κ2) is 16.9. The molecule has 0 radical (unpaired) electrons. The predicted octanol–water partition coefficient (Wildman–Crippen LogP) is 9.45. The molecule has 0 amide bonds. The Hall–Kier alpha value is -5.95. The molecule has 10 nitrogen and oxygen atoms in total. The molecule has 4 aliphatic rings. The molecule has 6 aromatic rings. The highest BCUT2D eigenvalue weighted by molar-refractivity contribution is 7.15. The fraction of sp³-hybridized carbons (Fsp3) is 0.346. The summed E-state index contributed by atoms with van der Waals surface area (Å²) >= 11 is 1.77. The summed E-state index contributed by atoms with van der Waals surface area (Å²) in [6, 6.07) is 29.8. The van der Waals surface area contributed by atoms with E-state index in [-0.39, 0.29) is 17.4 Å². The Bertz CT molecular complexity index is 2810. The van der Waals surface area contributed by atoms with Crippen LogP contribution in [-0.2, 0) is 6.42 Å². The van der Waals surface area contributed by atoms with Crippen LogP contribution in [0.15, 0.2) is 96.0 Å². The van der Waals surface area contributed by atoms with Crippen molar-refractivity contribution in [3.63, 3.8) is 0 Å². The van der Waals surface area contributed by atoms with Gasteiger partial charge >= 0.3 is 5.97 Å². The van der Waals surface area contributed by atoms with Gasteiger partial charge in [0.15, 0.2) is 5.82 Å². The number of halogens is 1. The average Bonchev–Trinajstić information content (AvgIpc) is 3.70. The first kappa shape index (κ1) is 42.0. The van der Waals surface area contributed by atoms with Gasteiger partial charge in [0.1, 0.15) is 22.7 Å². The van der Waals surface area contributed by atoms with Crippen molar-refractivity contribution < 1.29 is 19.4 Å². The molecule has 10 rings (SSSR count). The number of benzene rings is 4. The van der Waals surface area contributed by atoms with E-state index in [1.165, 1.54) is 10.4 Å². The number of carboxylic acids is 1. The number of allylic oxidation sites excluding steroid dienone is 1. The number of nitrogens with zero attached hydrogens (tertiary/aromatic N) is 7. The first-order valence-electron chi connectivity index (χ1n) is 22.6. The largest absolute Gasteiger partial charge is 0.478 e. The third-order valence-corrected chi connectivity index (χ3v) is 15.1. The van der Waals surface area contributed by atoms with E-state index in [4.69, 9.17) is 4.99 Å². The lowest BCUT2D eigenvalue weighted by atomic mass is 9.87. The zero-order chi connectivity index (χ0) is 44.3. The number of aryl methyl sites for hydroxylation is 3. The van der Waals surface area contributed by atoms with Crippen LogP contribution in [-0.4, -0.2) is 93.0 Å². The van der Waals surface area contributed by atoms with E-state index >= 15 is 4.39 Å². The van der Waals surface area contributed by atoms with Crippen LogP contribution in [0.2, 0.25) is 0 Å². The van der Waals surface area contributed by atoms with Crippen molar-refractivity contribution in [3.05, 3.63) is 158 Å². The van der Waals surface area contributed by atoms with Crippen LogP contribution in [0.3, 0.4) is 0 Å². The van der Waals surface area contributed by atoms with Gasteiger partial charge in [-0.1, -0.05) is 54.6 Å². The maximum atomic E-state index is 16.3. The number of aliphatic hydroxyl groups is 1. The molecule has 1 atom stereocenters. The van der Waals surface area contributed by atoms with Gasteiger partial charge in [-0.05, 0) is 135 Å². The van der Waals surface area contributed by atoms with Gasteiger partial charge in [-0.15, -0.1) is 21.5 Å². The summed E-state index contributed by atoms with van der Waals surface area (Å²) in [6.07, 6.45) is 3.77. The number of fused-ring (bicyclic) bond motifs is 4. The molecule has 1 aliphatic carbocycles. The highest BCUT2D eigenvalue weighted by Gasteiger charge is 2.36. The minimum absolute atomic E-state index is 0.132. The number of aromatic carboxylic acids is 1. The van der Waals surface area contributed by atoms with Crippen LogP contribution in [0.5, 0.6) is 0 Å². The van der Waals surface area contributed by atoms with E-state index in [0.717, 1.165) is 118 Å². The predicted molar refractivity (Wildman–Crippen MR) is 254 cm³/mol. The van der Waals surface area contributed by atoms with E-state index in [2.05, 4.69) is 86.6 Å². The monoisotopic (exact) mass is 875 g/mol. The molecule has 328 valence electrons. The molecular formula is C52H54FN7O3S. The Morgan fingerprint density at radius 2 is 1.56 bits per heavy atom. The van der Waals surface area contributed by atoms with Gasteiger partial charge in [0.2, 0.25) is 0 Å². The van der Waals surface area contributed by atoms with E-state index in [1.54, 1.807) is 29.5 Å². The molecule has 2 saturated heterocycles. The molecule has 2 aromatic heterocycles. The molecule has 12 heteroatoms. The van der Waals surface area contributed by atoms with Crippen LogP contribution in [0.1, 0.15) is 104 Å². The minimum atomic E-state index is -0.947. The summed E-state index contributed by atoms with van der Waals surface area (Å²) in [5, 5.41) is 31.6. The van der Waals surface area contributed by atoms with Crippen molar-refractivity contribution in [1.29, 1.82) is 0 Å². The average molecular weight is 876 g/mol. The molecule has 2 fully saturated rings. The van der Waals surface area contributed by atoms with Gasteiger partial charge in [0.05, 0.1) is 22.6 Å². The summed E-state index contributed by atoms with van der Waals surface area (Å²) in [4.78, 5) is 25.2. The Labute approximate surface area is 378 Å². The molecule has 5 heterocycles. The zero-order valence-corrected chi connectivity index (χ0v) is 37.8. The van der Waals surface area contributed by atoms with E-state index in [0.29, 0.717) is 38.2 Å². The number of rotatable bonds is 8. The van der Waals surface area contributed by atoms with Crippen molar-refractivity contribution in [1.82, 2.24) is 19.7 Å². The molecule has 0 saturated carbocycles. The Balaban J connectivity index is 0.789. The highest BCUT2D eigenvalue weighted by atomic mass is 32.1. The van der Waals surface area contributed by atoms with Crippen molar-refractivity contribution in [2.24, 2.45) is 4.99 Å². The zero-order valence-electron chi connectivity index (χ0n) is 36.9. The molecule has 2 N–H and O–H groups in total. The number of hydrogen-bond donors (Lipinski definition) is 2. The topological polar surface area (TPSA) is 110 Å². The van der Waals surface area contributed by atoms with Crippen molar-refractivity contribution in [3.8, 4) is 5.00 Å². The maximum absolute atomic E-state index is 16.3. The smallest absolute Gasteiger partial charge is 0.335 e. The van der Waals surface area contributed by atoms with Crippen LogP contribution in [0, 0.1) is 26.6 Å². The Morgan fingerprint density at radius 1 is 0.828 bits per heavy atom. The van der Waals surface area contributed by atoms with Crippen molar-refractivity contribution in [2.45, 2.75) is 71.4 Å². The molecule has 4 aromatic carbocycles. The third kappa shape index (κ3) is 7.75. The maximum Gasteiger partial charge on any atom is 0.335 e. The number of anilines is 2. The molecule has 0 spiro atoms. The number of aromatic nitrogens is 3. The van der Waals surface area contributed by atoms with Crippen LogP contribution in [0.4, 0.5) is 15.8 Å². The van der Waals surface area contributed by atoms with E-state index < -0.39 is 11.6 Å². The Kier molecular flexibility index (Phi) is 11.1. The van der Waals surface area contributed by atoms with Crippen LogP contribution in [0.25, 0.3) is 16.1 Å². The highest BCUT2D eigenvalue weighted by Crippen LogP contribution is 2.42. The van der Waals surface area contributed by atoms with Gasteiger partial charge in [-0.25, -0.2) is 9.18 Å². The molecule has 64 heavy (non-hydrogen) atoms.